The van der Waals surface area contributed by atoms with Gasteiger partial charge in [0.1, 0.15) is 5.82 Å². The molecule has 82 valence electrons. The molecule has 1 N–H and O–H groups in total. The summed E-state index contributed by atoms with van der Waals surface area (Å²) >= 11 is 5.60. The third-order valence-electron chi connectivity index (χ3n) is 1.97. The molecule has 0 spiro atoms. The molecule has 0 radical (unpaired) electrons. The largest absolute Gasteiger partial charge is 0.310 e. The first-order valence-electron chi connectivity index (χ1n) is 4.79. The van der Waals surface area contributed by atoms with Crippen molar-refractivity contribution in [2.45, 2.75) is 13.3 Å². The van der Waals surface area contributed by atoms with Crippen LogP contribution in [0.3, 0.4) is 0 Å². The standard InChI is InChI=1S/C11H13ClFNO/c1-2-14-7-10(15)5-8-3-4-9(12)6-11(8)13/h3-4,6,14H,2,5,7H2,1H3. The minimum atomic E-state index is -0.424. The van der Waals surface area contributed by atoms with Crippen LogP contribution in [0, 0.1) is 5.82 Å². The number of Topliss-reactive ketones (excluding diaryl/α,β-unsaturated/α-hetero) is 1. The number of halogens is 2. The number of rotatable bonds is 5. The van der Waals surface area contributed by atoms with Crippen molar-refractivity contribution >= 4 is 17.4 Å². The Bertz CT molecular complexity index is 354. The first kappa shape index (κ1) is 12.1. The average Bonchev–Trinajstić information content (AvgIpc) is 2.19. The highest BCUT2D eigenvalue weighted by Gasteiger charge is 2.07. The van der Waals surface area contributed by atoms with Gasteiger partial charge in [-0.1, -0.05) is 24.6 Å². The maximum atomic E-state index is 13.3. The summed E-state index contributed by atoms with van der Waals surface area (Å²) in [5.41, 5.74) is 0.391. The fraction of sp³-hybridized carbons (Fsp3) is 0.364. The van der Waals surface area contributed by atoms with Gasteiger partial charge in [-0.15, -0.1) is 0 Å². The number of carbonyl (C=O) groups excluding carboxylic acids is 1. The van der Waals surface area contributed by atoms with E-state index in [4.69, 9.17) is 11.6 Å². The maximum absolute atomic E-state index is 13.3. The molecule has 4 heteroatoms. The number of likely N-dealkylation sites (N-methyl/N-ethyl adjacent to an activating group) is 1. The SMILES string of the molecule is CCNCC(=O)Cc1ccc(Cl)cc1F. The minimum absolute atomic E-state index is 0.0296. The van der Waals surface area contributed by atoms with Crippen molar-refractivity contribution in [3.8, 4) is 0 Å². The second kappa shape index (κ2) is 5.83. The van der Waals surface area contributed by atoms with Crippen LogP contribution in [0.4, 0.5) is 4.39 Å². The summed E-state index contributed by atoms with van der Waals surface area (Å²) in [6, 6.07) is 4.35. The molecule has 1 aromatic carbocycles. The molecule has 0 amide bonds. The van der Waals surface area contributed by atoms with Crippen molar-refractivity contribution in [1.82, 2.24) is 5.32 Å². The molecule has 1 rings (SSSR count). The summed E-state index contributed by atoms with van der Waals surface area (Å²) in [6.07, 6.45) is 0.107. The topological polar surface area (TPSA) is 29.1 Å². The lowest BCUT2D eigenvalue weighted by atomic mass is 10.1. The second-order valence-electron chi connectivity index (χ2n) is 3.23. The summed E-state index contributed by atoms with van der Waals surface area (Å²) in [6.45, 7) is 2.92. The van der Waals surface area contributed by atoms with E-state index < -0.39 is 5.82 Å². The van der Waals surface area contributed by atoms with E-state index in [1.807, 2.05) is 6.92 Å². The predicted octanol–water partition coefficient (Wildman–Crippen LogP) is 2.20. The molecule has 0 saturated carbocycles. The summed E-state index contributed by atoms with van der Waals surface area (Å²) in [7, 11) is 0. The van der Waals surface area contributed by atoms with Crippen LogP contribution < -0.4 is 5.32 Å². The van der Waals surface area contributed by atoms with E-state index in [2.05, 4.69) is 5.32 Å². The van der Waals surface area contributed by atoms with Crippen LogP contribution in [-0.2, 0) is 11.2 Å². The van der Waals surface area contributed by atoms with E-state index in [-0.39, 0.29) is 18.7 Å². The van der Waals surface area contributed by atoms with Crippen molar-refractivity contribution < 1.29 is 9.18 Å². The molecule has 0 aliphatic heterocycles. The van der Waals surface area contributed by atoms with Gasteiger partial charge in [-0.3, -0.25) is 4.79 Å². The van der Waals surface area contributed by atoms with Crippen molar-refractivity contribution in [2.24, 2.45) is 0 Å². The van der Waals surface area contributed by atoms with E-state index in [9.17, 15) is 9.18 Å². The molecule has 0 heterocycles. The second-order valence-corrected chi connectivity index (χ2v) is 3.67. The summed E-state index contributed by atoms with van der Waals surface area (Å²) in [5.74, 6) is -0.453. The van der Waals surface area contributed by atoms with Gasteiger partial charge in [0, 0.05) is 11.4 Å². The number of hydrogen-bond acceptors (Lipinski definition) is 2. The first-order valence-corrected chi connectivity index (χ1v) is 5.17. The van der Waals surface area contributed by atoms with E-state index in [1.165, 1.54) is 6.07 Å². The van der Waals surface area contributed by atoms with E-state index in [0.29, 0.717) is 10.6 Å². The molecule has 0 unspecified atom stereocenters. The van der Waals surface area contributed by atoms with Crippen LogP contribution in [-0.4, -0.2) is 18.9 Å². The Labute approximate surface area is 93.4 Å². The first-order chi connectivity index (χ1) is 7.13. The van der Waals surface area contributed by atoms with Crippen LogP contribution in [0.2, 0.25) is 5.02 Å². The zero-order valence-corrected chi connectivity index (χ0v) is 9.27. The molecule has 0 aliphatic carbocycles. The van der Waals surface area contributed by atoms with E-state index >= 15 is 0 Å². The van der Waals surface area contributed by atoms with Gasteiger partial charge >= 0.3 is 0 Å². The van der Waals surface area contributed by atoms with Gasteiger partial charge in [-0.05, 0) is 24.2 Å². The Kier molecular flexibility index (Phi) is 4.72. The molecule has 1 aromatic rings. The summed E-state index contributed by atoms with van der Waals surface area (Å²) in [5, 5.41) is 3.24. The number of hydrogen-bond donors (Lipinski definition) is 1. The summed E-state index contributed by atoms with van der Waals surface area (Å²) in [4.78, 5) is 11.3. The van der Waals surface area contributed by atoms with Gasteiger partial charge in [0.15, 0.2) is 5.78 Å². The van der Waals surface area contributed by atoms with Gasteiger partial charge in [0.05, 0.1) is 6.54 Å². The molecule has 0 aromatic heterocycles. The maximum Gasteiger partial charge on any atom is 0.151 e. The van der Waals surface area contributed by atoms with Crippen molar-refractivity contribution in [3.05, 3.63) is 34.6 Å². The summed E-state index contributed by atoms with van der Waals surface area (Å²) < 4.78 is 13.3. The van der Waals surface area contributed by atoms with Gasteiger partial charge in [0.25, 0.3) is 0 Å². The van der Waals surface area contributed by atoms with Crippen LogP contribution in [0.1, 0.15) is 12.5 Å². The fourth-order valence-corrected chi connectivity index (χ4v) is 1.36. The van der Waals surface area contributed by atoms with Crippen molar-refractivity contribution in [1.29, 1.82) is 0 Å². The van der Waals surface area contributed by atoms with Crippen molar-refractivity contribution in [3.63, 3.8) is 0 Å². The van der Waals surface area contributed by atoms with E-state index in [1.54, 1.807) is 12.1 Å². The zero-order valence-electron chi connectivity index (χ0n) is 8.52. The predicted molar refractivity (Wildman–Crippen MR) is 58.7 cm³/mol. The highest BCUT2D eigenvalue weighted by Crippen LogP contribution is 2.15. The van der Waals surface area contributed by atoms with Gasteiger partial charge < -0.3 is 5.32 Å². The molecule has 15 heavy (non-hydrogen) atoms. The normalized spacial score (nSPS) is 10.3. The van der Waals surface area contributed by atoms with Crippen LogP contribution >= 0.6 is 11.6 Å². The third kappa shape index (κ3) is 3.98. The number of ketones is 1. The Balaban J connectivity index is 2.60. The number of benzene rings is 1. The Morgan fingerprint density at radius 3 is 2.87 bits per heavy atom. The lowest BCUT2D eigenvalue weighted by molar-refractivity contribution is -0.117. The van der Waals surface area contributed by atoms with Gasteiger partial charge in [-0.2, -0.15) is 0 Å². The highest BCUT2D eigenvalue weighted by atomic mass is 35.5. The highest BCUT2D eigenvalue weighted by molar-refractivity contribution is 6.30. The van der Waals surface area contributed by atoms with Crippen LogP contribution in [0.5, 0.6) is 0 Å². The molecule has 0 fully saturated rings. The van der Waals surface area contributed by atoms with Gasteiger partial charge in [0.2, 0.25) is 0 Å². The lowest BCUT2D eigenvalue weighted by Crippen LogP contribution is -2.24. The molecule has 0 atom stereocenters. The van der Waals surface area contributed by atoms with E-state index in [0.717, 1.165) is 6.54 Å². The lowest BCUT2D eigenvalue weighted by Gasteiger charge is -2.03. The Morgan fingerprint density at radius 2 is 2.27 bits per heavy atom. The number of carbonyl (C=O) groups is 1. The third-order valence-corrected chi connectivity index (χ3v) is 2.21. The molecule has 2 nitrogen and oxygen atoms in total. The number of nitrogens with one attached hydrogen (secondary N) is 1. The zero-order chi connectivity index (χ0) is 11.3. The molecule has 0 bridgehead atoms. The monoisotopic (exact) mass is 229 g/mol. The van der Waals surface area contributed by atoms with Crippen molar-refractivity contribution in [2.75, 3.05) is 13.1 Å². The molecular formula is C11H13ClFNO. The quantitative estimate of drug-likeness (QED) is 0.839. The van der Waals surface area contributed by atoms with Crippen LogP contribution in [0.15, 0.2) is 18.2 Å². The van der Waals surface area contributed by atoms with Crippen LogP contribution in [0.25, 0.3) is 0 Å². The average molecular weight is 230 g/mol. The smallest absolute Gasteiger partial charge is 0.151 e. The molecule has 0 aliphatic rings. The fourth-order valence-electron chi connectivity index (χ4n) is 1.20. The Morgan fingerprint density at radius 1 is 1.53 bits per heavy atom. The molecule has 0 saturated heterocycles. The Hall–Kier alpha value is -0.930. The minimum Gasteiger partial charge on any atom is -0.310 e. The van der Waals surface area contributed by atoms with Gasteiger partial charge in [-0.25, -0.2) is 4.39 Å². The molecular weight excluding hydrogens is 217 g/mol.